The van der Waals surface area contributed by atoms with E-state index >= 15 is 0 Å². The van der Waals surface area contributed by atoms with Crippen LogP contribution in [0.15, 0.2) is 33.7 Å². The van der Waals surface area contributed by atoms with Gasteiger partial charge in [-0.15, -0.1) is 35.3 Å². The van der Waals surface area contributed by atoms with E-state index in [0.29, 0.717) is 25.5 Å². The van der Waals surface area contributed by atoms with Crippen molar-refractivity contribution >= 4 is 68.8 Å². The molecule has 0 fully saturated rings. The Bertz CT molecular complexity index is 744. The summed E-state index contributed by atoms with van der Waals surface area (Å²) in [6.07, 6.45) is 0.357. The van der Waals surface area contributed by atoms with Gasteiger partial charge in [-0.1, -0.05) is 15.9 Å². The Morgan fingerprint density at radius 1 is 1.22 bits per heavy atom. The minimum absolute atomic E-state index is 0. The molecule has 1 aromatic heterocycles. The van der Waals surface area contributed by atoms with Crippen molar-refractivity contribution in [3.63, 3.8) is 0 Å². The van der Waals surface area contributed by atoms with Gasteiger partial charge in [-0.25, -0.2) is 9.98 Å². The Morgan fingerprint density at radius 3 is 2.52 bits per heavy atom. The van der Waals surface area contributed by atoms with Gasteiger partial charge in [-0.05, 0) is 45.0 Å². The summed E-state index contributed by atoms with van der Waals surface area (Å²) in [5, 5.41) is 10.2. The molecular formula is C18H25BrIN5OS. The lowest BCUT2D eigenvalue weighted by atomic mass is 10.3. The number of hydrogen-bond acceptors (Lipinski definition) is 4. The Balaban J connectivity index is 0.00000364. The molecule has 1 heterocycles. The number of aromatic nitrogens is 1. The van der Waals surface area contributed by atoms with Crippen LogP contribution in [0.3, 0.4) is 0 Å². The van der Waals surface area contributed by atoms with Crippen LogP contribution in [0, 0.1) is 13.8 Å². The van der Waals surface area contributed by atoms with E-state index in [1.165, 1.54) is 4.88 Å². The fraction of sp³-hybridized carbons (Fsp3) is 0.389. The molecule has 3 N–H and O–H groups in total. The van der Waals surface area contributed by atoms with Crippen molar-refractivity contribution in [2.24, 2.45) is 4.99 Å². The average molecular weight is 566 g/mol. The maximum atomic E-state index is 12.0. The van der Waals surface area contributed by atoms with E-state index in [-0.39, 0.29) is 29.9 Å². The molecule has 6 nitrogen and oxygen atoms in total. The smallest absolute Gasteiger partial charge is 0.226 e. The largest absolute Gasteiger partial charge is 0.357 e. The fourth-order valence-electron chi connectivity index (χ4n) is 2.15. The molecule has 1 amide bonds. The van der Waals surface area contributed by atoms with E-state index in [2.05, 4.69) is 48.8 Å². The number of aryl methyl sites for hydroxylation is 2. The zero-order valence-electron chi connectivity index (χ0n) is 15.6. The molecule has 0 aliphatic rings. The molecule has 0 spiro atoms. The molecule has 0 unspecified atom stereocenters. The lowest BCUT2D eigenvalue weighted by Gasteiger charge is -2.11. The number of hydrogen-bond donors (Lipinski definition) is 3. The summed E-state index contributed by atoms with van der Waals surface area (Å²) in [4.78, 5) is 22.3. The fourth-order valence-corrected chi connectivity index (χ4v) is 3.27. The summed E-state index contributed by atoms with van der Waals surface area (Å²) in [5.41, 5.74) is 1.84. The number of guanidine groups is 1. The number of halogens is 2. The first-order chi connectivity index (χ1) is 12.5. The normalized spacial score (nSPS) is 10.9. The van der Waals surface area contributed by atoms with E-state index in [1.54, 1.807) is 11.3 Å². The van der Waals surface area contributed by atoms with Crippen LogP contribution in [-0.2, 0) is 11.3 Å². The summed E-state index contributed by atoms with van der Waals surface area (Å²) >= 11 is 5.04. The van der Waals surface area contributed by atoms with E-state index in [0.717, 1.165) is 27.4 Å². The third-order valence-electron chi connectivity index (χ3n) is 3.56. The summed E-state index contributed by atoms with van der Waals surface area (Å²) in [6.45, 7) is 7.87. The number of amides is 1. The van der Waals surface area contributed by atoms with Crippen LogP contribution in [0.25, 0.3) is 0 Å². The number of nitrogens with one attached hydrogen (secondary N) is 3. The number of thiazole rings is 1. The molecule has 1 aromatic carbocycles. The molecule has 2 rings (SSSR count). The van der Waals surface area contributed by atoms with Crippen LogP contribution in [0.1, 0.15) is 28.9 Å². The molecule has 148 valence electrons. The van der Waals surface area contributed by atoms with E-state index < -0.39 is 0 Å². The molecule has 0 saturated heterocycles. The molecular weight excluding hydrogens is 541 g/mol. The molecule has 9 heteroatoms. The number of nitrogens with zero attached hydrogens (tertiary/aromatic N) is 2. The van der Waals surface area contributed by atoms with Crippen molar-refractivity contribution in [2.45, 2.75) is 33.7 Å². The van der Waals surface area contributed by atoms with Gasteiger partial charge in [0.15, 0.2) is 5.96 Å². The Hall–Kier alpha value is -1.20. The van der Waals surface area contributed by atoms with Gasteiger partial charge in [-0.2, -0.15) is 0 Å². The zero-order chi connectivity index (χ0) is 18.9. The first-order valence-electron chi connectivity index (χ1n) is 8.48. The molecule has 0 saturated carbocycles. The van der Waals surface area contributed by atoms with Crippen molar-refractivity contribution in [3.05, 3.63) is 44.3 Å². The van der Waals surface area contributed by atoms with Gasteiger partial charge >= 0.3 is 0 Å². The minimum Gasteiger partial charge on any atom is -0.357 e. The molecule has 0 aliphatic heterocycles. The zero-order valence-corrected chi connectivity index (χ0v) is 20.4. The van der Waals surface area contributed by atoms with Crippen molar-refractivity contribution in [1.82, 2.24) is 15.6 Å². The third-order valence-corrected chi connectivity index (χ3v) is 5.15. The number of aliphatic imine (C=N–C) groups is 1. The Kier molecular flexibility index (Phi) is 10.9. The highest BCUT2D eigenvalue weighted by atomic mass is 127. The second kappa shape index (κ2) is 12.3. The van der Waals surface area contributed by atoms with E-state index in [4.69, 9.17) is 0 Å². The van der Waals surface area contributed by atoms with Crippen molar-refractivity contribution in [3.8, 4) is 0 Å². The molecule has 0 bridgehead atoms. The summed E-state index contributed by atoms with van der Waals surface area (Å²) in [5.74, 6) is 0.649. The van der Waals surface area contributed by atoms with E-state index in [9.17, 15) is 4.79 Å². The highest BCUT2D eigenvalue weighted by Gasteiger charge is 2.05. The highest BCUT2D eigenvalue weighted by Crippen LogP contribution is 2.17. The van der Waals surface area contributed by atoms with E-state index in [1.807, 2.05) is 38.1 Å². The predicted octanol–water partition coefficient (Wildman–Crippen LogP) is 4.22. The number of benzene rings is 1. The van der Waals surface area contributed by atoms with Crippen molar-refractivity contribution < 1.29 is 4.79 Å². The van der Waals surface area contributed by atoms with Crippen LogP contribution in [0.4, 0.5) is 5.69 Å². The monoisotopic (exact) mass is 565 g/mol. The number of anilines is 1. The third kappa shape index (κ3) is 8.56. The van der Waals surface area contributed by atoms with Crippen LogP contribution in [0.2, 0.25) is 0 Å². The molecule has 2 aromatic rings. The van der Waals surface area contributed by atoms with Crippen LogP contribution < -0.4 is 16.0 Å². The second-order valence-electron chi connectivity index (χ2n) is 5.68. The summed E-state index contributed by atoms with van der Waals surface area (Å²) in [7, 11) is 0. The van der Waals surface area contributed by atoms with Crippen LogP contribution in [0.5, 0.6) is 0 Å². The van der Waals surface area contributed by atoms with Gasteiger partial charge in [0.25, 0.3) is 0 Å². The van der Waals surface area contributed by atoms with Crippen molar-refractivity contribution in [1.29, 1.82) is 0 Å². The maximum Gasteiger partial charge on any atom is 0.226 e. The van der Waals surface area contributed by atoms with Gasteiger partial charge in [-0.3, -0.25) is 4.79 Å². The van der Waals surface area contributed by atoms with Crippen molar-refractivity contribution in [2.75, 3.05) is 18.4 Å². The number of rotatable bonds is 7. The standard InChI is InChI=1S/C18H24BrN5OS.HI/c1-4-20-18(22-11-17-23-12(2)13(3)26-17)21-10-9-16(25)24-15-7-5-14(19)6-8-15;/h5-8H,4,9-11H2,1-3H3,(H,24,25)(H2,20,21,22);1H. The molecule has 0 atom stereocenters. The number of carbonyl (C=O) groups is 1. The lowest BCUT2D eigenvalue weighted by Crippen LogP contribution is -2.38. The SMILES string of the molecule is CCNC(=NCc1nc(C)c(C)s1)NCCC(=O)Nc1ccc(Br)cc1.I. The van der Waals surface area contributed by atoms with Gasteiger partial charge in [0.1, 0.15) is 5.01 Å². The summed E-state index contributed by atoms with van der Waals surface area (Å²) in [6, 6.07) is 7.51. The number of carbonyl (C=O) groups excluding carboxylic acids is 1. The second-order valence-corrected chi connectivity index (χ2v) is 7.88. The van der Waals surface area contributed by atoms with Gasteiger partial charge in [0.05, 0.1) is 12.2 Å². The first-order valence-corrected chi connectivity index (χ1v) is 10.1. The van der Waals surface area contributed by atoms with Gasteiger partial charge in [0.2, 0.25) is 5.91 Å². The molecule has 0 radical (unpaired) electrons. The topological polar surface area (TPSA) is 78.4 Å². The molecule has 0 aliphatic carbocycles. The molecule has 27 heavy (non-hydrogen) atoms. The quantitative estimate of drug-likeness (QED) is 0.267. The van der Waals surface area contributed by atoms with Gasteiger partial charge in [0, 0.05) is 34.5 Å². The Morgan fingerprint density at radius 2 is 1.93 bits per heavy atom. The highest BCUT2D eigenvalue weighted by molar-refractivity contribution is 14.0. The first kappa shape index (κ1) is 23.8. The van der Waals surface area contributed by atoms with Crippen LogP contribution in [-0.4, -0.2) is 29.9 Å². The lowest BCUT2D eigenvalue weighted by molar-refractivity contribution is -0.116. The maximum absolute atomic E-state index is 12.0. The van der Waals surface area contributed by atoms with Crippen LogP contribution >= 0.6 is 51.2 Å². The minimum atomic E-state index is -0.0400. The van der Waals surface area contributed by atoms with Gasteiger partial charge < -0.3 is 16.0 Å². The average Bonchev–Trinajstić information content (AvgIpc) is 2.93. The summed E-state index contributed by atoms with van der Waals surface area (Å²) < 4.78 is 0.981. The predicted molar refractivity (Wildman–Crippen MR) is 127 cm³/mol. The Labute approximate surface area is 189 Å².